The Balaban J connectivity index is 2.72. The summed E-state index contributed by atoms with van der Waals surface area (Å²) in [7, 11) is 0. The van der Waals surface area contributed by atoms with Crippen molar-refractivity contribution in [3.8, 4) is 0 Å². The molecule has 0 spiro atoms. The fourth-order valence-electron chi connectivity index (χ4n) is 1.02. The highest BCUT2D eigenvalue weighted by molar-refractivity contribution is 8.00. The first-order chi connectivity index (χ1) is 7.15. The summed E-state index contributed by atoms with van der Waals surface area (Å²) < 4.78 is 0. The van der Waals surface area contributed by atoms with Gasteiger partial charge < -0.3 is 0 Å². The Morgan fingerprint density at radius 3 is 2.87 bits per heavy atom. The molecule has 0 aliphatic carbocycles. The highest BCUT2D eigenvalue weighted by Gasteiger charge is 2.10. The Labute approximate surface area is 103 Å². The van der Waals surface area contributed by atoms with Crippen molar-refractivity contribution in [3.63, 3.8) is 0 Å². The van der Waals surface area contributed by atoms with E-state index in [9.17, 15) is 4.79 Å². The SMILES string of the molecule is C=CCSCC(=O)c1cc(Cl)ccc1Cl. The first-order valence-electron chi connectivity index (χ1n) is 4.32. The minimum absolute atomic E-state index is 0.00523. The maximum atomic E-state index is 11.7. The molecular formula is C11H10Cl2OS. The lowest BCUT2D eigenvalue weighted by Crippen LogP contribution is -2.03. The number of carbonyl (C=O) groups is 1. The van der Waals surface area contributed by atoms with Crippen LogP contribution >= 0.6 is 35.0 Å². The van der Waals surface area contributed by atoms with E-state index in [1.807, 2.05) is 0 Å². The van der Waals surface area contributed by atoms with E-state index >= 15 is 0 Å². The van der Waals surface area contributed by atoms with Crippen LogP contribution in [0.1, 0.15) is 10.4 Å². The molecule has 1 aromatic rings. The smallest absolute Gasteiger partial charge is 0.174 e. The van der Waals surface area contributed by atoms with Crippen LogP contribution in [0.15, 0.2) is 30.9 Å². The zero-order chi connectivity index (χ0) is 11.3. The van der Waals surface area contributed by atoms with Crippen LogP contribution in [0.5, 0.6) is 0 Å². The second-order valence-corrected chi connectivity index (χ2v) is 4.73. The molecule has 0 radical (unpaired) electrons. The Kier molecular flexibility index (Phi) is 5.23. The third-order valence-corrected chi connectivity index (χ3v) is 3.20. The van der Waals surface area contributed by atoms with Crippen LogP contribution in [-0.2, 0) is 0 Å². The first-order valence-corrected chi connectivity index (χ1v) is 6.23. The summed E-state index contributed by atoms with van der Waals surface area (Å²) in [5.74, 6) is 1.14. The number of carbonyl (C=O) groups excluding carboxylic acids is 1. The molecule has 1 nitrogen and oxygen atoms in total. The van der Waals surface area contributed by atoms with Crippen LogP contribution in [0, 0.1) is 0 Å². The van der Waals surface area contributed by atoms with Gasteiger partial charge in [0.1, 0.15) is 0 Å². The zero-order valence-corrected chi connectivity index (χ0v) is 10.3. The number of hydrogen-bond donors (Lipinski definition) is 0. The van der Waals surface area contributed by atoms with Crippen molar-refractivity contribution in [1.29, 1.82) is 0 Å². The first kappa shape index (κ1) is 12.6. The predicted molar refractivity (Wildman–Crippen MR) is 68.3 cm³/mol. The van der Waals surface area contributed by atoms with Crippen molar-refractivity contribution >= 4 is 40.7 Å². The van der Waals surface area contributed by atoms with Crippen molar-refractivity contribution in [1.82, 2.24) is 0 Å². The molecule has 80 valence electrons. The average Bonchev–Trinajstić information content (AvgIpc) is 2.22. The zero-order valence-electron chi connectivity index (χ0n) is 8.00. The minimum Gasteiger partial charge on any atom is -0.293 e. The fraction of sp³-hybridized carbons (Fsp3) is 0.182. The summed E-state index contributed by atoms with van der Waals surface area (Å²) in [5.41, 5.74) is 0.487. The number of benzene rings is 1. The number of thioether (sulfide) groups is 1. The number of rotatable bonds is 5. The summed E-state index contributed by atoms with van der Waals surface area (Å²) in [4.78, 5) is 11.7. The van der Waals surface area contributed by atoms with E-state index in [4.69, 9.17) is 23.2 Å². The lowest BCUT2D eigenvalue weighted by Gasteiger charge is -2.03. The lowest BCUT2D eigenvalue weighted by molar-refractivity contribution is 0.102. The molecular weight excluding hydrogens is 251 g/mol. The van der Waals surface area contributed by atoms with E-state index < -0.39 is 0 Å². The number of halogens is 2. The van der Waals surface area contributed by atoms with E-state index in [1.54, 1.807) is 24.3 Å². The van der Waals surface area contributed by atoms with Crippen molar-refractivity contribution in [2.75, 3.05) is 11.5 Å². The van der Waals surface area contributed by atoms with Crippen molar-refractivity contribution in [2.24, 2.45) is 0 Å². The number of ketones is 1. The van der Waals surface area contributed by atoms with Gasteiger partial charge in [0, 0.05) is 16.3 Å². The van der Waals surface area contributed by atoms with E-state index in [1.165, 1.54) is 11.8 Å². The molecule has 0 fully saturated rings. The normalized spacial score (nSPS) is 10.0. The van der Waals surface area contributed by atoms with Gasteiger partial charge in [-0.15, -0.1) is 18.3 Å². The maximum absolute atomic E-state index is 11.7. The van der Waals surface area contributed by atoms with E-state index in [2.05, 4.69) is 6.58 Å². The Morgan fingerprint density at radius 2 is 2.20 bits per heavy atom. The molecule has 0 saturated carbocycles. The van der Waals surface area contributed by atoms with Crippen molar-refractivity contribution in [2.45, 2.75) is 0 Å². The van der Waals surface area contributed by atoms with Gasteiger partial charge in [-0.05, 0) is 18.2 Å². The Morgan fingerprint density at radius 1 is 1.47 bits per heavy atom. The highest BCUT2D eigenvalue weighted by atomic mass is 35.5. The Bertz CT molecular complexity index is 377. The second-order valence-electron chi connectivity index (χ2n) is 2.85. The standard InChI is InChI=1S/C11H10Cl2OS/c1-2-5-15-7-11(14)9-6-8(12)3-4-10(9)13/h2-4,6H,1,5,7H2. The third kappa shape index (κ3) is 3.90. The van der Waals surface area contributed by atoms with Crippen LogP contribution in [0.4, 0.5) is 0 Å². The molecule has 0 aliphatic rings. The summed E-state index contributed by atoms with van der Waals surface area (Å²) in [6.07, 6.45) is 1.76. The Hall–Kier alpha value is -0.440. The largest absolute Gasteiger partial charge is 0.293 e. The fourth-order valence-corrected chi connectivity index (χ4v) is 2.04. The third-order valence-electron chi connectivity index (χ3n) is 1.70. The molecule has 0 saturated heterocycles. The van der Waals surface area contributed by atoms with Gasteiger partial charge in [0.2, 0.25) is 0 Å². The van der Waals surface area contributed by atoms with E-state index in [0.717, 1.165) is 5.75 Å². The molecule has 0 bridgehead atoms. The monoisotopic (exact) mass is 260 g/mol. The van der Waals surface area contributed by atoms with Gasteiger partial charge in [-0.1, -0.05) is 29.3 Å². The topological polar surface area (TPSA) is 17.1 Å². The minimum atomic E-state index is -0.00523. The molecule has 1 rings (SSSR count). The number of Topliss-reactive ketones (excluding diaryl/α,β-unsaturated/α-hetero) is 1. The van der Waals surface area contributed by atoms with Crippen LogP contribution in [0.3, 0.4) is 0 Å². The highest BCUT2D eigenvalue weighted by Crippen LogP contribution is 2.22. The molecule has 0 aromatic heterocycles. The molecule has 0 aliphatic heterocycles. The van der Waals surface area contributed by atoms with Crippen LogP contribution in [0.25, 0.3) is 0 Å². The summed E-state index contributed by atoms with van der Waals surface area (Å²) in [6.45, 7) is 3.58. The molecule has 0 heterocycles. The van der Waals surface area contributed by atoms with Gasteiger partial charge in [0.25, 0.3) is 0 Å². The molecule has 0 atom stereocenters. The van der Waals surface area contributed by atoms with E-state index in [0.29, 0.717) is 21.4 Å². The van der Waals surface area contributed by atoms with Crippen molar-refractivity contribution in [3.05, 3.63) is 46.5 Å². The second kappa shape index (κ2) is 6.21. The molecule has 0 amide bonds. The van der Waals surface area contributed by atoms with Crippen LogP contribution < -0.4 is 0 Å². The van der Waals surface area contributed by atoms with Gasteiger partial charge in [0.05, 0.1) is 10.8 Å². The quantitative estimate of drug-likeness (QED) is 0.451. The van der Waals surface area contributed by atoms with Crippen LogP contribution in [0.2, 0.25) is 10.0 Å². The van der Waals surface area contributed by atoms with E-state index in [-0.39, 0.29) is 5.78 Å². The van der Waals surface area contributed by atoms with Gasteiger partial charge >= 0.3 is 0 Å². The summed E-state index contributed by atoms with van der Waals surface area (Å²) in [6, 6.07) is 4.90. The number of hydrogen-bond acceptors (Lipinski definition) is 2. The average molecular weight is 261 g/mol. The maximum Gasteiger partial charge on any atom is 0.174 e. The molecule has 4 heteroatoms. The van der Waals surface area contributed by atoms with Gasteiger partial charge in [-0.25, -0.2) is 0 Å². The molecule has 0 N–H and O–H groups in total. The van der Waals surface area contributed by atoms with Crippen molar-refractivity contribution < 1.29 is 4.79 Å². The molecule has 15 heavy (non-hydrogen) atoms. The van der Waals surface area contributed by atoms with Gasteiger partial charge in [-0.3, -0.25) is 4.79 Å². The van der Waals surface area contributed by atoms with Gasteiger partial charge in [0.15, 0.2) is 5.78 Å². The summed E-state index contributed by atoms with van der Waals surface area (Å²) >= 11 is 13.2. The molecule has 1 aromatic carbocycles. The van der Waals surface area contributed by atoms with Crippen LogP contribution in [-0.4, -0.2) is 17.3 Å². The lowest BCUT2D eigenvalue weighted by atomic mass is 10.1. The predicted octanol–water partition coefficient (Wildman–Crippen LogP) is 4.10. The van der Waals surface area contributed by atoms with Gasteiger partial charge in [-0.2, -0.15) is 0 Å². The molecule has 0 unspecified atom stereocenters. The summed E-state index contributed by atoms with van der Waals surface area (Å²) in [5, 5.41) is 0.972.